The number of aromatic carboxylic acids is 1. The lowest BCUT2D eigenvalue weighted by Crippen LogP contribution is -2.12. The van der Waals surface area contributed by atoms with Gasteiger partial charge in [-0.3, -0.25) is 10.1 Å². The van der Waals surface area contributed by atoms with Gasteiger partial charge >= 0.3 is 11.7 Å². The van der Waals surface area contributed by atoms with Gasteiger partial charge in [-0.15, -0.1) is 0 Å². The van der Waals surface area contributed by atoms with Gasteiger partial charge in [0.1, 0.15) is 0 Å². The third-order valence-corrected chi connectivity index (χ3v) is 2.89. The fourth-order valence-electron chi connectivity index (χ4n) is 1.52. The van der Waals surface area contributed by atoms with Gasteiger partial charge in [-0.05, 0) is 5.92 Å². The molecule has 19 heavy (non-hydrogen) atoms. The first-order chi connectivity index (χ1) is 8.99. The molecule has 0 spiro atoms. The quantitative estimate of drug-likeness (QED) is 0.602. The standard InChI is InChI=1S/C12H16N2O5/c1-3-8(4-2)7-19-11-10(14(17)18)5-9(6-13-11)12(15)16/h5-6,8H,3-4,7H2,1-2H3,(H,15,16). The fraction of sp³-hybridized carbons (Fsp3) is 0.500. The summed E-state index contributed by atoms with van der Waals surface area (Å²) in [4.78, 5) is 24.6. The molecule has 0 fully saturated rings. The van der Waals surface area contributed by atoms with E-state index in [9.17, 15) is 14.9 Å². The van der Waals surface area contributed by atoms with Gasteiger partial charge in [0.05, 0.1) is 17.1 Å². The van der Waals surface area contributed by atoms with Crippen molar-refractivity contribution in [2.45, 2.75) is 26.7 Å². The molecule has 0 atom stereocenters. The number of hydrogen-bond acceptors (Lipinski definition) is 5. The minimum Gasteiger partial charge on any atom is -0.478 e. The van der Waals surface area contributed by atoms with Crippen LogP contribution in [-0.4, -0.2) is 27.6 Å². The van der Waals surface area contributed by atoms with Crippen molar-refractivity contribution >= 4 is 11.7 Å². The number of carbonyl (C=O) groups is 1. The van der Waals surface area contributed by atoms with Crippen molar-refractivity contribution in [2.75, 3.05) is 6.61 Å². The second kappa shape index (κ2) is 6.67. The first-order valence-electron chi connectivity index (χ1n) is 6.00. The van der Waals surface area contributed by atoms with Gasteiger partial charge in [-0.1, -0.05) is 26.7 Å². The summed E-state index contributed by atoms with van der Waals surface area (Å²) < 4.78 is 5.33. The zero-order valence-corrected chi connectivity index (χ0v) is 10.8. The van der Waals surface area contributed by atoms with Crippen LogP contribution in [0.1, 0.15) is 37.0 Å². The predicted octanol–water partition coefficient (Wildman–Crippen LogP) is 2.50. The fourth-order valence-corrected chi connectivity index (χ4v) is 1.52. The van der Waals surface area contributed by atoms with Gasteiger partial charge in [-0.25, -0.2) is 9.78 Å². The Balaban J connectivity index is 2.94. The molecule has 0 aliphatic rings. The van der Waals surface area contributed by atoms with Gasteiger partial charge in [0.15, 0.2) is 0 Å². The second-order valence-electron chi connectivity index (χ2n) is 4.10. The van der Waals surface area contributed by atoms with E-state index in [1.54, 1.807) is 0 Å². The molecule has 0 aliphatic carbocycles. The Hall–Kier alpha value is -2.18. The van der Waals surface area contributed by atoms with Crippen molar-refractivity contribution in [3.63, 3.8) is 0 Å². The maximum atomic E-state index is 10.9. The maximum Gasteiger partial charge on any atom is 0.337 e. The third-order valence-electron chi connectivity index (χ3n) is 2.89. The monoisotopic (exact) mass is 268 g/mol. The van der Waals surface area contributed by atoms with E-state index in [0.717, 1.165) is 25.1 Å². The van der Waals surface area contributed by atoms with Crippen LogP contribution in [0.3, 0.4) is 0 Å². The summed E-state index contributed by atoms with van der Waals surface area (Å²) in [6.45, 7) is 4.34. The molecule has 1 aromatic rings. The Labute approximate surface area is 110 Å². The number of hydrogen-bond donors (Lipinski definition) is 1. The number of carboxylic acid groups (broad SMARTS) is 1. The lowest BCUT2D eigenvalue weighted by molar-refractivity contribution is -0.386. The molecule has 0 aromatic carbocycles. The van der Waals surface area contributed by atoms with E-state index in [4.69, 9.17) is 9.84 Å². The Morgan fingerprint density at radius 1 is 1.53 bits per heavy atom. The van der Waals surface area contributed by atoms with Gasteiger partial charge < -0.3 is 9.84 Å². The predicted molar refractivity (Wildman–Crippen MR) is 67.4 cm³/mol. The van der Waals surface area contributed by atoms with Crippen LogP contribution in [0.2, 0.25) is 0 Å². The molecule has 0 bridgehead atoms. The summed E-state index contributed by atoms with van der Waals surface area (Å²) in [6, 6.07) is 0.956. The summed E-state index contributed by atoms with van der Waals surface area (Å²) in [5.74, 6) is -1.11. The highest BCUT2D eigenvalue weighted by molar-refractivity contribution is 5.88. The Kier molecular flexibility index (Phi) is 5.23. The van der Waals surface area contributed by atoms with E-state index < -0.39 is 16.6 Å². The van der Waals surface area contributed by atoms with Crippen molar-refractivity contribution < 1.29 is 19.6 Å². The Morgan fingerprint density at radius 2 is 2.16 bits per heavy atom. The van der Waals surface area contributed by atoms with Crippen LogP contribution < -0.4 is 4.74 Å². The maximum absolute atomic E-state index is 10.9. The summed E-state index contributed by atoms with van der Waals surface area (Å²) >= 11 is 0. The average molecular weight is 268 g/mol. The lowest BCUT2D eigenvalue weighted by atomic mass is 10.1. The molecule has 1 aromatic heterocycles. The SMILES string of the molecule is CCC(CC)COc1ncc(C(=O)O)cc1[N+](=O)[O-]. The number of nitro groups is 1. The van der Waals surface area contributed by atoms with E-state index in [2.05, 4.69) is 4.98 Å². The highest BCUT2D eigenvalue weighted by Crippen LogP contribution is 2.26. The van der Waals surface area contributed by atoms with Crippen LogP contribution in [0.25, 0.3) is 0 Å². The zero-order valence-electron chi connectivity index (χ0n) is 10.8. The molecule has 7 heteroatoms. The number of aromatic nitrogens is 1. The normalized spacial score (nSPS) is 10.5. The molecule has 0 radical (unpaired) electrons. The Morgan fingerprint density at radius 3 is 2.63 bits per heavy atom. The van der Waals surface area contributed by atoms with Crippen LogP contribution in [0.4, 0.5) is 5.69 Å². The molecule has 0 aliphatic heterocycles. The van der Waals surface area contributed by atoms with Crippen LogP contribution in [0, 0.1) is 16.0 Å². The first kappa shape index (κ1) is 14.9. The number of pyridine rings is 1. The van der Waals surface area contributed by atoms with E-state index >= 15 is 0 Å². The molecule has 7 nitrogen and oxygen atoms in total. The molecule has 1 rings (SSSR count). The lowest BCUT2D eigenvalue weighted by Gasteiger charge is -2.13. The summed E-state index contributed by atoms with van der Waals surface area (Å²) in [5, 5.41) is 19.6. The second-order valence-corrected chi connectivity index (χ2v) is 4.10. The van der Waals surface area contributed by atoms with Crippen molar-refractivity contribution in [3.8, 4) is 5.88 Å². The zero-order chi connectivity index (χ0) is 14.4. The van der Waals surface area contributed by atoms with Crippen molar-refractivity contribution in [3.05, 3.63) is 27.9 Å². The Bertz CT molecular complexity index is 471. The topological polar surface area (TPSA) is 103 Å². The van der Waals surface area contributed by atoms with Crippen LogP contribution in [0.5, 0.6) is 5.88 Å². The van der Waals surface area contributed by atoms with Crippen LogP contribution in [-0.2, 0) is 0 Å². The molecule has 0 amide bonds. The van der Waals surface area contributed by atoms with Crippen molar-refractivity contribution in [1.82, 2.24) is 4.98 Å². The van der Waals surface area contributed by atoms with Crippen molar-refractivity contribution in [2.24, 2.45) is 5.92 Å². The molecule has 1 N–H and O–H groups in total. The molecule has 0 saturated carbocycles. The number of carboxylic acids is 1. The highest BCUT2D eigenvalue weighted by Gasteiger charge is 2.21. The molecular formula is C12H16N2O5. The summed E-state index contributed by atoms with van der Waals surface area (Å²) in [7, 11) is 0. The van der Waals surface area contributed by atoms with Crippen molar-refractivity contribution in [1.29, 1.82) is 0 Å². The van der Waals surface area contributed by atoms with Crippen LogP contribution in [0.15, 0.2) is 12.3 Å². The minimum absolute atomic E-state index is 0.137. The first-order valence-corrected chi connectivity index (χ1v) is 6.00. The average Bonchev–Trinajstić information content (AvgIpc) is 2.39. The summed E-state index contributed by atoms with van der Waals surface area (Å²) in [5.41, 5.74) is -0.660. The molecule has 1 heterocycles. The van der Waals surface area contributed by atoms with Gasteiger partial charge in [0, 0.05) is 12.3 Å². The van der Waals surface area contributed by atoms with E-state index in [1.807, 2.05) is 13.8 Å². The molecule has 104 valence electrons. The highest BCUT2D eigenvalue weighted by atomic mass is 16.6. The molecule has 0 saturated heterocycles. The largest absolute Gasteiger partial charge is 0.478 e. The molecule has 0 unspecified atom stereocenters. The third kappa shape index (κ3) is 3.90. The van der Waals surface area contributed by atoms with Crippen LogP contribution >= 0.6 is 0 Å². The van der Waals surface area contributed by atoms with E-state index in [1.165, 1.54) is 0 Å². The van der Waals surface area contributed by atoms with Gasteiger partial charge in [0.25, 0.3) is 5.88 Å². The number of ether oxygens (including phenoxy) is 1. The smallest absolute Gasteiger partial charge is 0.337 e. The van der Waals surface area contributed by atoms with Gasteiger partial charge in [0.2, 0.25) is 0 Å². The number of rotatable bonds is 7. The summed E-state index contributed by atoms with van der Waals surface area (Å²) in [6.07, 6.45) is 2.85. The van der Waals surface area contributed by atoms with E-state index in [0.29, 0.717) is 12.5 Å². The van der Waals surface area contributed by atoms with Gasteiger partial charge in [-0.2, -0.15) is 0 Å². The minimum atomic E-state index is -1.26. The number of nitrogens with zero attached hydrogens (tertiary/aromatic N) is 2. The molecular weight excluding hydrogens is 252 g/mol. The van der Waals surface area contributed by atoms with E-state index in [-0.39, 0.29) is 11.4 Å².